The molecule has 1 aromatic rings. The summed E-state index contributed by atoms with van der Waals surface area (Å²) in [4.78, 5) is 31.1. The molecule has 29 heavy (non-hydrogen) atoms. The zero-order chi connectivity index (χ0) is 21.6. The minimum Gasteiger partial charge on any atom is -0.444 e. The number of hydrogen-bond acceptors (Lipinski definition) is 5. The van der Waals surface area contributed by atoms with Crippen LogP contribution in [0.5, 0.6) is 0 Å². The zero-order valence-electron chi connectivity index (χ0n) is 17.1. The van der Waals surface area contributed by atoms with Gasteiger partial charge in [0.1, 0.15) is 5.60 Å². The summed E-state index contributed by atoms with van der Waals surface area (Å²) in [6, 6.07) is 5.04. The average molecular weight is 444 g/mol. The number of hydroxylamine groups is 1. The summed E-state index contributed by atoms with van der Waals surface area (Å²) in [6.45, 7) is 6.46. The molecule has 160 valence electrons. The Morgan fingerprint density at radius 2 is 2.00 bits per heavy atom. The Bertz CT molecular complexity index is 777. The summed E-state index contributed by atoms with van der Waals surface area (Å²) in [7, 11) is 1.48. The van der Waals surface area contributed by atoms with Crippen LogP contribution in [0.2, 0.25) is 10.0 Å². The minimum atomic E-state index is -0.543. The van der Waals surface area contributed by atoms with Gasteiger partial charge >= 0.3 is 6.09 Å². The number of rotatable bonds is 6. The fourth-order valence-corrected chi connectivity index (χ4v) is 3.14. The number of ether oxygens (including phenoxy) is 1. The van der Waals surface area contributed by atoms with Gasteiger partial charge in [-0.3, -0.25) is 15.1 Å². The van der Waals surface area contributed by atoms with E-state index in [9.17, 15) is 9.59 Å². The highest BCUT2D eigenvalue weighted by Crippen LogP contribution is 2.25. The Morgan fingerprint density at radius 3 is 2.62 bits per heavy atom. The maximum Gasteiger partial charge on any atom is 0.410 e. The molecule has 1 heterocycles. The predicted octanol–water partition coefficient (Wildman–Crippen LogP) is 4.00. The second-order valence-corrected chi connectivity index (χ2v) is 8.55. The van der Waals surface area contributed by atoms with Crippen LogP contribution in [-0.4, -0.2) is 48.7 Å². The standard InChI is InChI=1S/C20H27Cl2N3O4/c1-20(2,3)29-19(27)25-10-9-14(12-25)23-18(26)8-7-17(24-28-4)13-5-6-15(21)16(22)11-13/h5-7,11,14,24H,8-10,12H2,1-4H3,(H,23,26). The molecule has 0 radical (unpaired) electrons. The Morgan fingerprint density at radius 1 is 1.28 bits per heavy atom. The van der Waals surface area contributed by atoms with Crippen molar-refractivity contribution in [3.63, 3.8) is 0 Å². The van der Waals surface area contributed by atoms with E-state index in [0.29, 0.717) is 35.3 Å². The van der Waals surface area contributed by atoms with Gasteiger partial charge in [-0.25, -0.2) is 4.79 Å². The number of halogens is 2. The van der Waals surface area contributed by atoms with Crippen molar-refractivity contribution in [2.75, 3.05) is 20.2 Å². The molecule has 9 heteroatoms. The molecule has 1 aliphatic rings. The highest BCUT2D eigenvalue weighted by atomic mass is 35.5. The van der Waals surface area contributed by atoms with Crippen LogP contribution >= 0.6 is 23.2 Å². The molecule has 0 saturated carbocycles. The normalized spacial score (nSPS) is 17.2. The van der Waals surface area contributed by atoms with E-state index in [1.54, 1.807) is 29.2 Å². The summed E-state index contributed by atoms with van der Waals surface area (Å²) in [5, 5.41) is 3.80. The van der Waals surface area contributed by atoms with Crippen molar-refractivity contribution in [2.45, 2.75) is 45.3 Å². The van der Waals surface area contributed by atoms with Crippen molar-refractivity contribution in [1.82, 2.24) is 15.7 Å². The van der Waals surface area contributed by atoms with Crippen LogP contribution < -0.4 is 10.8 Å². The molecule has 7 nitrogen and oxygen atoms in total. The van der Waals surface area contributed by atoms with Gasteiger partial charge in [-0.2, -0.15) is 0 Å². The molecule has 1 fully saturated rings. The van der Waals surface area contributed by atoms with E-state index in [1.165, 1.54) is 7.11 Å². The van der Waals surface area contributed by atoms with E-state index in [2.05, 4.69) is 10.8 Å². The number of carbonyl (C=O) groups is 2. The topological polar surface area (TPSA) is 79.9 Å². The van der Waals surface area contributed by atoms with E-state index < -0.39 is 5.60 Å². The van der Waals surface area contributed by atoms with Crippen LogP contribution in [0.1, 0.15) is 39.2 Å². The van der Waals surface area contributed by atoms with E-state index in [-0.39, 0.29) is 24.5 Å². The van der Waals surface area contributed by atoms with Crippen LogP contribution in [0.3, 0.4) is 0 Å². The van der Waals surface area contributed by atoms with Crippen molar-refractivity contribution < 1.29 is 19.2 Å². The average Bonchev–Trinajstić information content (AvgIpc) is 3.08. The lowest BCUT2D eigenvalue weighted by molar-refractivity contribution is -0.120. The molecule has 0 aromatic heterocycles. The molecule has 0 spiro atoms. The zero-order valence-corrected chi connectivity index (χ0v) is 18.6. The Labute approximate surface area is 181 Å². The van der Waals surface area contributed by atoms with Crippen LogP contribution in [0.25, 0.3) is 5.70 Å². The largest absolute Gasteiger partial charge is 0.444 e. The van der Waals surface area contributed by atoms with Crippen LogP contribution in [-0.2, 0) is 14.4 Å². The molecule has 1 saturated heterocycles. The number of nitrogens with one attached hydrogen (secondary N) is 2. The third kappa shape index (κ3) is 7.42. The molecular formula is C20H27Cl2N3O4. The Kier molecular flexibility index (Phi) is 8.19. The maximum atomic E-state index is 12.4. The number of amides is 2. The minimum absolute atomic E-state index is 0.104. The maximum absolute atomic E-state index is 12.4. The van der Waals surface area contributed by atoms with Gasteiger partial charge in [0.15, 0.2) is 0 Å². The van der Waals surface area contributed by atoms with Crippen molar-refractivity contribution in [3.05, 3.63) is 39.9 Å². The Hall–Kier alpha value is -1.96. The first-order valence-corrected chi connectivity index (χ1v) is 10.1. The Balaban J connectivity index is 1.92. The summed E-state index contributed by atoms with van der Waals surface area (Å²) < 4.78 is 5.37. The molecule has 0 aliphatic carbocycles. The lowest BCUT2D eigenvalue weighted by Crippen LogP contribution is -2.40. The summed E-state index contributed by atoms with van der Waals surface area (Å²) >= 11 is 12.0. The highest BCUT2D eigenvalue weighted by Gasteiger charge is 2.30. The smallest absolute Gasteiger partial charge is 0.410 e. The van der Waals surface area contributed by atoms with Crippen molar-refractivity contribution in [2.24, 2.45) is 0 Å². The van der Waals surface area contributed by atoms with Gasteiger partial charge in [0.2, 0.25) is 5.91 Å². The van der Waals surface area contributed by atoms with Gasteiger partial charge in [0, 0.05) is 31.1 Å². The first-order chi connectivity index (χ1) is 13.6. The van der Waals surface area contributed by atoms with E-state index in [4.69, 9.17) is 32.8 Å². The van der Waals surface area contributed by atoms with Gasteiger partial charge in [0.05, 0.1) is 22.9 Å². The molecular weight excluding hydrogens is 417 g/mol. The third-order valence-corrected chi connectivity index (χ3v) is 4.88. The SMILES string of the molecule is CONC(=CCC(=O)NC1CCN(C(=O)OC(C)(C)C)C1)c1ccc(Cl)c(Cl)c1. The number of likely N-dealkylation sites (tertiary alicyclic amines) is 1. The molecule has 1 aromatic carbocycles. The van der Waals surface area contributed by atoms with Gasteiger partial charge in [-0.05, 0) is 45.4 Å². The first-order valence-electron chi connectivity index (χ1n) is 9.31. The third-order valence-electron chi connectivity index (χ3n) is 4.14. The summed E-state index contributed by atoms with van der Waals surface area (Å²) in [6.07, 6.45) is 2.17. The van der Waals surface area contributed by atoms with Gasteiger partial charge in [-0.15, -0.1) is 0 Å². The second kappa shape index (κ2) is 10.2. The number of carbonyl (C=O) groups excluding carboxylic acids is 2. The predicted molar refractivity (Wildman–Crippen MR) is 114 cm³/mol. The van der Waals surface area contributed by atoms with Crippen molar-refractivity contribution in [1.29, 1.82) is 0 Å². The van der Waals surface area contributed by atoms with E-state index in [1.807, 2.05) is 20.8 Å². The lowest BCUT2D eigenvalue weighted by atomic mass is 10.1. The van der Waals surface area contributed by atoms with Crippen LogP contribution in [0, 0.1) is 0 Å². The number of hydrogen-bond donors (Lipinski definition) is 2. The molecule has 2 rings (SSSR count). The molecule has 1 unspecified atom stereocenters. The fraction of sp³-hybridized carbons (Fsp3) is 0.500. The van der Waals surface area contributed by atoms with Gasteiger partial charge in [-0.1, -0.05) is 29.3 Å². The van der Waals surface area contributed by atoms with Crippen molar-refractivity contribution >= 4 is 40.9 Å². The monoisotopic (exact) mass is 443 g/mol. The lowest BCUT2D eigenvalue weighted by Gasteiger charge is -2.24. The van der Waals surface area contributed by atoms with Gasteiger partial charge in [0.25, 0.3) is 0 Å². The fourth-order valence-electron chi connectivity index (χ4n) is 2.84. The molecule has 1 atom stereocenters. The van der Waals surface area contributed by atoms with E-state index in [0.717, 1.165) is 5.56 Å². The highest BCUT2D eigenvalue weighted by molar-refractivity contribution is 6.42. The van der Waals surface area contributed by atoms with Gasteiger partial charge < -0.3 is 15.0 Å². The molecule has 0 bridgehead atoms. The molecule has 1 aliphatic heterocycles. The summed E-state index contributed by atoms with van der Waals surface area (Å²) in [5.74, 6) is -0.156. The van der Waals surface area contributed by atoms with Crippen molar-refractivity contribution in [3.8, 4) is 0 Å². The molecule has 2 N–H and O–H groups in total. The number of nitrogens with zero attached hydrogens (tertiary/aromatic N) is 1. The van der Waals surface area contributed by atoms with Crippen LogP contribution in [0.4, 0.5) is 4.79 Å². The number of benzene rings is 1. The first kappa shape index (κ1) is 23.3. The molecule has 2 amide bonds. The van der Waals surface area contributed by atoms with E-state index >= 15 is 0 Å². The quantitative estimate of drug-likeness (QED) is 0.649. The van der Waals surface area contributed by atoms with Crippen LogP contribution in [0.15, 0.2) is 24.3 Å². The second-order valence-electron chi connectivity index (χ2n) is 7.74. The summed E-state index contributed by atoms with van der Waals surface area (Å²) in [5.41, 5.74) is 3.55.